The van der Waals surface area contributed by atoms with Crippen molar-refractivity contribution in [2.75, 3.05) is 0 Å². The van der Waals surface area contributed by atoms with E-state index in [4.69, 9.17) is 11.5 Å². The lowest BCUT2D eigenvalue weighted by atomic mass is 10.1. The summed E-state index contributed by atoms with van der Waals surface area (Å²) >= 11 is 0. The Balaban J connectivity index is 0.00000261. The lowest BCUT2D eigenvalue weighted by Crippen LogP contribution is -2.28. The summed E-state index contributed by atoms with van der Waals surface area (Å²) in [6.07, 6.45) is -4.68. The quantitative estimate of drug-likeness (QED) is 0.713. The molecule has 1 heterocycles. The Kier molecular flexibility index (Phi) is 6.13. The molecule has 1 aliphatic rings. The van der Waals surface area contributed by atoms with Crippen LogP contribution >= 0.6 is 12.4 Å². The highest BCUT2D eigenvalue weighted by Gasteiger charge is 2.37. The number of primary amides is 1. The maximum absolute atomic E-state index is 12.9. The van der Waals surface area contributed by atoms with E-state index in [2.05, 4.69) is 10.1 Å². The van der Waals surface area contributed by atoms with Gasteiger partial charge >= 0.3 is 6.18 Å². The molecule has 0 bridgehead atoms. The Morgan fingerprint density at radius 1 is 1.26 bits per heavy atom. The number of rotatable bonds is 4. The predicted octanol–water partition coefficient (Wildman–Crippen LogP) is 1.59. The van der Waals surface area contributed by atoms with Gasteiger partial charge in [-0.15, -0.1) is 12.4 Å². The highest BCUT2D eigenvalue weighted by atomic mass is 35.5. The first-order valence-corrected chi connectivity index (χ1v) is 7.99. The van der Waals surface area contributed by atoms with Crippen molar-refractivity contribution in [3.63, 3.8) is 0 Å². The fourth-order valence-electron chi connectivity index (χ4n) is 3.11. The number of aromatic nitrogens is 3. The topological polar surface area (TPSA) is 120 Å². The first-order chi connectivity index (χ1) is 12.1. The van der Waals surface area contributed by atoms with Crippen molar-refractivity contribution in [1.29, 1.82) is 0 Å². The summed E-state index contributed by atoms with van der Waals surface area (Å²) in [5.41, 5.74) is 11.7. The average Bonchev–Trinajstić information content (AvgIpc) is 3.10. The molecule has 11 heteroatoms. The minimum absolute atomic E-state index is 0. The molecule has 1 aromatic heterocycles. The first-order valence-electron chi connectivity index (χ1n) is 7.99. The number of halogens is 4. The van der Waals surface area contributed by atoms with Gasteiger partial charge in [0.15, 0.2) is 5.82 Å². The zero-order valence-corrected chi connectivity index (χ0v) is 14.9. The number of hydrogen-bond donors (Lipinski definition) is 3. The number of nitrogens with zero attached hydrogens (tertiary/aromatic N) is 3. The Labute approximate surface area is 159 Å². The minimum Gasteiger partial charge on any atom is -0.391 e. The molecule has 0 radical (unpaired) electrons. The third-order valence-electron chi connectivity index (χ3n) is 4.40. The second-order valence-electron chi connectivity index (χ2n) is 6.41. The van der Waals surface area contributed by atoms with Crippen LogP contribution in [0.3, 0.4) is 0 Å². The fourth-order valence-corrected chi connectivity index (χ4v) is 3.11. The molecule has 5 N–H and O–H groups in total. The normalized spacial score (nSPS) is 22.5. The van der Waals surface area contributed by atoms with Gasteiger partial charge in [0.05, 0.1) is 6.10 Å². The van der Waals surface area contributed by atoms with Crippen molar-refractivity contribution >= 4 is 18.3 Å². The van der Waals surface area contributed by atoms with E-state index in [1.807, 2.05) is 0 Å². The van der Waals surface area contributed by atoms with Crippen LogP contribution in [0.5, 0.6) is 0 Å². The highest BCUT2D eigenvalue weighted by Crippen LogP contribution is 2.35. The van der Waals surface area contributed by atoms with Crippen molar-refractivity contribution in [2.45, 2.75) is 43.6 Å². The van der Waals surface area contributed by atoms with Crippen LogP contribution in [0, 0.1) is 0 Å². The number of carbonyl (C=O) groups excluding carboxylic acids is 1. The van der Waals surface area contributed by atoms with Gasteiger partial charge in [-0.25, -0.2) is 9.67 Å². The average molecular weight is 406 g/mol. The molecule has 0 unspecified atom stereocenters. The Bertz CT molecular complexity index is 799. The maximum atomic E-state index is 12.9. The summed E-state index contributed by atoms with van der Waals surface area (Å²) in [5, 5.41) is 13.8. The van der Waals surface area contributed by atoms with Crippen molar-refractivity contribution in [2.24, 2.45) is 11.5 Å². The smallest absolute Gasteiger partial charge is 0.391 e. The van der Waals surface area contributed by atoms with Gasteiger partial charge < -0.3 is 16.6 Å². The Morgan fingerprint density at radius 2 is 1.89 bits per heavy atom. The van der Waals surface area contributed by atoms with Gasteiger partial charge in [-0.1, -0.05) is 12.1 Å². The van der Waals surface area contributed by atoms with Gasteiger partial charge in [0.2, 0.25) is 5.91 Å². The highest BCUT2D eigenvalue weighted by molar-refractivity contribution is 5.93. The molecule has 3 atom stereocenters. The summed E-state index contributed by atoms with van der Waals surface area (Å²) in [5.74, 6) is -0.770. The van der Waals surface area contributed by atoms with E-state index >= 15 is 0 Å². The number of aliphatic hydroxyl groups is 1. The molecule has 0 spiro atoms. The summed E-state index contributed by atoms with van der Waals surface area (Å²) in [6, 6.07) is 5.45. The summed E-state index contributed by atoms with van der Waals surface area (Å²) < 4.78 is 39.5. The molecule has 0 aliphatic heterocycles. The number of benzene rings is 1. The monoisotopic (exact) mass is 405 g/mol. The maximum Gasteiger partial charge on any atom is 0.408 e. The zero-order valence-electron chi connectivity index (χ0n) is 14.1. The molecule has 0 saturated heterocycles. The third-order valence-corrected chi connectivity index (χ3v) is 4.40. The molecule has 1 amide bonds. The van der Waals surface area contributed by atoms with Crippen molar-refractivity contribution in [3.05, 3.63) is 35.7 Å². The van der Waals surface area contributed by atoms with E-state index in [-0.39, 0.29) is 36.0 Å². The summed E-state index contributed by atoms with van der Waals surface area (Å²) in [7, 11) is 0. The van der Waals surface area contributed by atoms with Crippen LogP contribution in [0.4, 0.5) is 13.2 Å². The minimum atomic E-state index is -4.46. The number of nitrogens with two attached hydrogens (primary N) is 2. The lowest BCUT2D eigenvalue weighted by molar-refractivity contribution is -0.143. The van der Waals surface area contributed by atoms with Gasteiger partial charge in [0.1, 0.15) is 12.4 Å². The van der Waals surface area contributed by atoms with Crippen molar-refractivity contribution < 1.29 is 23.1 Å². The van der Waals surface area contributed by atoms with Crippen LogP contribution in [0.1, 0.15) is 34.9 Å². The number of alkyl halides is 3. The first kappa shape index (κ1) is 21.1. The van der Waals surface area contributed by atoms with Gasteiger partial charge in [0, 0.05) is 23.1 Å². The second-order valence-corrected chi connectivity index (χ2v) is 6.41. The summed E-state index contributed by atoms with van der Waals surface area (Å²) in [4.78, 5) is 15.4. The standard InChI is InChI=1S/C16H18F3N5O2.ClH/c17-16(18,19)7-24-15(10-5-11(20)12(25)6-10)22-14(23-24)9-3-1-8(2-4-9)13(21)26;/h1-4,10-12,25H,5-7,20H2,(H2,21,26);1H/t10-,11-,12-;/m0./s1. The van der Waals surface area contributed by atoms with E-state index in [0.29, 0.717) is 12.0 Å². The van der Waals surface area contributed by atoms with Crippen LogP contribution in [0.15, 0.2) is 24.3 Å². The van der Waals surface area contributed by atoms with Crippen LogP contribution < -0.4 is 11.5 Å². The molecular weight excluding hydrogens is 387 g/mol. The molecule has 7 nitrogen and oxygen atoms in total. The molecule has 1 fully saturated rings. The molecule has 1 aromatic carbocycles. The van der Waals surface area contributed by atoms with Crippen LogP contribution in [0.2, 0.25) is 0 Å². The molecule has 148 valence electrons. The number of aliphatic hydroxyl groups excluding tert-OH is 1. The third kappa shape index (κ3) is 4.76. The van der Waals surface area contributed by atoms with E-state index < -0.39 is 36.7 Å². The van der Waals surface area contributed by atoms with E-state index in [0.717, 1.165) is 4.68 Å². The molecule has 3 rings (SSSR count). The Morgan fingerprint density at radius 3 is 2.37 bits per heavy atom. The SMILES string of the molecule is Cl.NC(=O)c1ccc(-c2nc([C@H]3C[C@H](N)[C@@H](O)C3)n(CC(F)(F)F)n2)cc1. The molecule has 1 saturated carbocycles. The lowest BCUT2D eigenvalue weighted by Gasteiger charge is -2.12. The zero-order chi connectivity index (χ0) is 19.1. The Hall–Kier alpha value is -2.17. The van der Waals surface area contributed by atoms with Crippen LogP contribution in [0.25, 0.3) is 11.4 Å². The van der Waals surface area contributed by atoms with Crippen molar-refractivity contribution in [3.8, 4) is 11.4 Å². The van der Waals surface area contributed by atoms with E-state index in [9.17, 15) is 23.1 Å². The van der Waals surface area contributed by atoms with Gasteiger partial charge in [-0.3, -0.25) is 4.79 Å². The number of amides is 1. The molecule has 1 aliphatic carbocycles. The van der Waals surface area contributed by atoms with Crippen molar-refractivity contribution in [1.82, 2.24) is 14.8 Å². The van der Waals surface area contributed by atoms with Gasteiger partial charge in [0.25, 0.3) is 0 Å². The predicted molar refractivity (Wildman–Crippen MR) is 93.2 cm³/mol. The molecule has 2 aromatic rings. The molecular formula is C16H19ClF3N5O2. The summed E-state index contributed by atoms with van der Waals surface area (Å²) in [6.45, 7) is -1.28. The van der Waals surface area contributed by atoms with E-state index in [1.54, 1.807) is 0 Å². The largest absolute Gasteiger partial charge is 0.408 e. The molecule has 27 heavy (non-hydrogen) atoms. The van der Waals surface area contributed by atoms with Crippen LogP contribution in [-0.2, 0) is 6.54 Å². The van der Waals surface area contributed by atoms with Gasteiger partial charge in [-0.05, 0) is 25.0 Å². The van der Waals surface area contributed by atoms with E-state index in [1.165, 1.54) is 24.3 Å². The fraction of sp³-hybridized carbons (Fsp3) is 0.438. The van der Waals surface area contributed by atoms with Crippen LogP contribution in [-0.4, -0.2) is 44.1 Å². The number of hydrogen-bond acceptors (Lipinski definition) is 5. The van der Waals surface area contributed by atoms with Gasteiger partial charge in [-0.2, -0.15) is 18.3 Å². The second kappa shape index (κ2) is 7.83. The number of carbonyl (C=O) groups is 1.